The van der Waals surface area contributed by atoms with Crippen LogP contribution in [0.5, 0.6) is 0 Å². The molecule has 4 heteroatoms. The predicted octanol–water partition coefficient (Wildman–Crippen LogP) is 1.69. The maximum absolute atomic E-state index is 4.35. The van der Waals surface area contributed by atoms with Crippen molar-refractivity contribution in [2.75, 3.05) is 11.4 Å². The van der Waals surface area contributed by atoms with E-state index in [9.17, 15) is 0 Å². The average Bonchev–Trinajstić information content (AvgIpc) is 2.46. The van der Waals surface area contributed by atoms with Gasteiger partial charge in [0.05, 0.1) is 0 Å². The van der Waals surface area contributed by atoms with Crippen LogP contribution in [0.3, 0.4) is 0 Å². The predicted molar refractivity (Wildman–Crippen MR) is 50.6 cm³/mol. The van der Waals surface area contributed by atoms with Gasteiger partial charge in [0.1, 0.15) is 5.82 Å². The zero-order valence-corrected chi connectivity index (χ0v) is 8.43. The summed E-state index contributed by atoms with van der Waals surface area (Å²) in [6.07, 6.45) is 0. The highest BCUT2D eigenvalue weighted by Gasteiger charge is 2.33. The lowest BCUT2D eigenvalue weighted by atomic mass is 9.93. The Morgan fingerprint density at radius 3 is 2.67 bits per heavy atom. The van der Waals surface area contributed by atoms with Crippen LogP contribution in [0.15, 0.2) is 0 Å². The van der Waals surface area contributed by atoms with Gasteiger partial charge in [0.2, 0.25) is 5.13 Å². The highest BCUT2D eigenvalue weighted by Crippen LogP contribution is 2.31. The molecule has 2 unspecified atom stereocenters. The summed E-state index contributed by atoms with van der Waals surface area (Å²) in [7, 11) is 0. The third-order valence-electron chi connectivity index (χ3n) is 2.56. The summed E-state index contributed by atoms with van der Waals surface area (Å²) >= 11 is 1.50. The Kier molecular flexibility index (Phi) is 1.79. The summed E-state index contributed by atoms with van der Waals surface area (Å²) in [5.74, 6) is 1.69. The Balaban J connectivity index is 2.12. The van der Waals surface area contributed by atoms with Crippen LogP contribution in [-0.4, -0.2) is 21.9 Å². The fraction of sp³-hybridized carbons (Fsp3) is 0.750. The number of anilines is 1. The second-order valence-electron chi connectivity index (χ2n) is 3.49. The molecular formula is C8H13N3S. The van der Waals surface area contributed by atoms with Crippen LogP contribution in [0.4, 0.5) is 5.13 Å². The van der Waals surface area contributed by atoms with E-state index in [4.69, 9.17) is 0 Å². The summed E-state index contributed by atoms with van der Waals surface area (Å²) in [6, 6.07) is 0.636. The van der Waals surface area contributed by atoms with Gasteiger partial charge >= 0.3 is 0 Å². The van der Waals surface area contributed by atoms with E-state index in [1.165, 1.54) is 11.5 Å². The topological polar surface area (TPSA) is 29.0 Å². The van der Waals surface area contributed by atoms with Crippen LogP contribution in [-0.2, 0) is 0 Å². The van der Waals surface area contributed by atoms with Gasteiger partial charge in [-0.3, -0.25) is 0 Å². The third-order valence-corrected chi connectivity index (χ3v) is 3.41. The summed E-state index contributed by atoms with van der Waals surface area (Å²) in [6.45, 7) is 7.59. The average molecular weight is 183 g/mol. The second kappa shape index (κ2) is 2.69. The summed E-state index contributed by atoms with van der Waals surface area (Å²) in [4.78, 5) is 6.67. The molecule has 1 aliphatic heterocycles. The smallest absolute Gasteiger partial charge is 0.205 e. The quantitative estimate of drug-likeness (QED) is 0.663. The largest absolute Gasteiger partial charge is 0.343 e. The first kappa shape index (κ1) is 7.98. The summed E-state index contributed by atoms with van der Waals surface area (Å²) in [5, 5.41) is 1.08. The van der Waals surface area contributed by atoms with Crippen molar-refractivity contribution in [3.8, 4) is 0 Å². The molecule has 2 atom stereocenters. The first-order chi connectivity index (χ1) is 5.68. The van der Waals surface area contributed by atoms with Crippen molar-refractivity contribution in [2.45, 2.75) is 26.8 Å². The maximum atomic E-state index is 4.35. The lowest BCUT2D eigenvalue weighted by Crippen LogP contribution is -2.53. The number of aromatic nitrogens is 2. The highest BCUT2D eigenvalue weighted by atomic mass is 32.1. The molecule has 0 amide bonds. The monoisotopic (exact) mass is 183 g/mol. The SMILES string of the molecule is Cc1nsc(N2CC(C)C2C)n1. The fourth-order valence-electron chi connectivity index (χ4n) is 1.45. The van der Waals surface area contributed by atoms with E-state index in [-0.39, 0.29) is 0 Å². The first-order valence-electron chi connectivity index (χ1n) is 4.25. The Morgan fingerprint density at radius 2 is 2.25 bits per heavy atom. The lowest BCUT2D eigenvalue weighted by Gasteiger charge is -2.44. The molecule has 0 aliphatic carbocycles. The van der Waals surface area contributed by atoms with Crippen molar-refractivity contribution in [3.05, 3.63) is 5.82 Å². The molecule has 0 aromatic carbocycles. The van der Waals surface area contributed by atoms with E-state index in [1.807, 2.05) is 6.92 Å². The van der Waals surface area contributed by atoms with Gasteiger partial charge in [-0.25, -0.2) is 4.98 Å². The minimum atomic E-state index is 0.636. The zero-order valence-electron chi connectivity index (χ0n) is 7.61. The Bertz CT molecular complexity index is 284. The molecule has 1 aromatic rings. The molecule has 0 N–H and O–H groups in total. The van der Waals surface area contributed by atoms with Gasteiger partial charge in [0.15, 0.2) is 0 Å². The molecule has 1 aliphatic rings. The highest BCUT2D eigenvalue weighted by molar-refractivity contribution is 7.09. The first-order valence-corrected chi connectivity index (χ1v) is 5.03. The third kappa shape index (κ3) is 1.10. The summed E-state index contributed by atoms with van der Waals surface area (Å²) in [5.41, 5.74) is 0. The van der Waals surface area contributed by atoms with Crippen molar-refractivity contribution in [1.29, 1.82) is 0 Å². The maximum Gasteiger partial charge on any atom is 0.205 e. The van der Waals surface area contributed by atoms with E-state index >= 15 is 0 Å². The van der Waals surface area contributed by atoms with Gasteiger partial charge in [-0.1, -0.05) is 6.92 Å². The number of nitrogens with zero attached hydrogens (tertiary/aromatic N) is 3. The normalized spacial score (nSPS) is 28.8. The standard InChI is InChI=1S/C8H13N3S/c1-5-4-11(6(5)2)8-9-7(3)10-12-8/h5-6H,4H2,1-3H3. The van der Waals surface area contributed by atoms with Gasteiger partial charge in [0.25, 0.3) is 0 Å². The van der Waals surface area contributed by atoms with Crippen molar-refractivity contribution >= 4 is 16.7 Å². The fourth-order valence-corrected chi connectivity index (χ4v) is 2.23. The molecule has 12 heavy (non-hydrogen) atoms. The van der Waals surface area contributed by atoms with Crippen molar-refractivity contribution in [3.63, 3.8) is 0 Å². The van der Waals surface area contributed by atoms with Crippen LogP contribution < -0.4 is 4.90 Å². The minimum Gasteiger partial charge on any atom is -0.343 e. The molecule has 66 valence electrons. The van der Waals surface area contributed by atoms with E-state index in [0.717, 1.165) is 23.4 Å². The van der Waals surface area contributed by atoms with Gasteiger partial charge in [-0.05, 0) is 19.8 Å². The van der Waals surface area contributed by atoms with Gasteiger partial charge in [-0.2, -0.15) is 4.37 Å². The Hall–Kier alpha value is -0.640. The Labute approximate surface area is 76.6 Å². The van der Waals surface area contributed by atoms with Crippen LogP contribution in [0.25, 0.3) is 0 Å². The molecule has 0 bridgehead atoms. The van der Waals surface area contributed by atoms with E-state index in [2.05, 4.69) is 28.1 Å². The summed E-state index contributed by atoms with van der Waals surface area (Å²) < 4.78 is 4.17. The molecule has 2 heterocycles. The van der Waals surface area contributed by atoms with E-state index < -0.39 is 0 Å². The van der Waals surface area contributed by atoms with E-state index in [0.29, 0.717) is 6.04 Å². The second-order valence-corrected chi connectivity index (χ2v) is 4.22. The molecule has 1 saturated heterocycles. The molecule has 1 fully saturated rings. The molecular weight excluding hydrogens is 170 g/mol. The molecule has 2 rings (SSSR count). The van der Waals surface area contributed by atoms with Crippen molar-refractivity contribution in [2.24, 2.45) is 5.92 Å². The molecule has 0 saturated carbocycles. The van der Waals surface area contributed by atoms with Crippen LogP contribution >= 0.6 is 11.5 Å². The van der Waals surface area contributed by atoms with Crippen LogP contribution in [0.2, 0.25) is 0 Å². The van der Waals surface area contributed by atoms with Crippen molar-refractivity contribution < 1.29 is 0 Å². The number of rotatable bonds is 1. The van der Waals surface area contributed by atoms with Gasteiger partial charge in [-0.15, -0.1) is 0 Å². The van der Waals surface area contributed by atoms with Crippen LogP contribution in [0, 0.1) is 12.8 Å². The Morgan fingerprint density at radius 1 is 1.50 bits per heavy atom. The number of aryl methyl sites for hydroxylation is 1. The molecule has 1 aromatic heterocycles. The van der Waals surface area contributed by atoms with Gasteiger partial charge in [0, 0.05) is 24.1 Å². The number of hydrogen-bond donors (Lipinski definition) is 0. The molecule has 3 nitrogen and oxygen atoms in total. The van der Waals surface area contributed by atoms with Crippen molar-refractivity contribution in [1.82, 2.24) is 9.36 Å². The number of hydrogen-bond acceptors (Lipinski definition) is 4. The molecule has 0 radical (unpaired) electrons. The van der Waals surface area contributed by atoms with E-state index in [1.54, 1.807) is 0 Å². The van der Waals surface area contributed by atoms with Crippen LogP contribution in [0.1, 0.15) is 19.7 Å². The lowest BCUT2D eigenvalue weighted by molar-refractivity contribution is 0.339. The molecule has 0 spiro atoms. The minimum absolute atomic E-state index is 0.636. The van der Waals surface area contributed by atoms with Gasteiger partial charge < -0.3 is 4.90 Å². The zero-order chi connectivity index (χ0) is 8.72.